The van der Waals surface area contributed by atoms with Gasteiger partial charge in [0.1, 0.15) is 0 Å². The fraction of sp³-hybridized carbons (Fsp3) is 0.462. The number of rotatable bonds is 7. The molecule has 0 unspecified atom stereocenters. The third-order valence-corrected chi connectivity index (χ3v) is 4.90. The minimum Gasteiger partial charge on any atom is -0.481 e. The first kappa shape index (κ1) is 15.7. The number of carboxylic acid groups (broad SMARTS) is 1. The summed E-state index contributed by atoms with van der Waals surface area (Å²) in [6, 6.07) is 3.37. The second kappa shape index (κ2) is 5.97. The highest BCUT2D eigenvalue weighted by Crippen LogP contribution is 2.52. The van der Waals surface area contributed by atoms with Crippen molar-refractivity contribution < 1.29 is 23.6 Å². The Morgan fingerprint density at radius 3 is 2.62 bits per heavy atom. The maximum absolute atomic E-state index is 13.0. The van der Waals surface area contributed by atoms with Crippen molar-refractivity contribution in [3.8, 4) is 0 Å². The molecule has 0 aliphatic heterocycles. The molecule has 0 saturated heterocycles. The predicted molar refractivity (Wildman–Crippen MR) is 72.7 cm³/mol. The van der Waals surface area contributed by atoms with E-state index in [1.54, 1.807) is 0 Å². The van der Waals surface area contributed by atoms with Crippen molar-refractivity contribution in [1.29, 1.82) is 0 Å². The molecule has 8 heteroatoms. The smallest absolute Gasteiger partial charge is 0.303 e. The van der Waals surface area contributed by atoms with Crippen LogP contribution in [0.25, 0.3) is 0 Å². The molecule has 0 bridgehead atoms. The number of nitrogens with zero attached hydrogens (tertiary/aromatic N) is 1. The summed E-state index contributed by atoms with van der Waals surface area (Å²) in [6.07, 6.45) is -1.24. The topological polar surface area (TPSA) is 80.4 Å². The molecule has 114 valence electrons. The normalized spacial score (nSPS) is 16.0. The Morgan fingerprint density at radius 2 is 2.14 bits per heavy atom. The molecule has 0 aromatic heterocycles. The Labute approximate surface area is 123 Å². The molecule has 0 spiro atoms. The van der Waals surface area contributed by atoms with Gasteiger partial charge >= 0.3 is 5.97 Å². The highest BCUT2D eigenvalue weighted by atomic mass is 32.2. The summed E-state index contributed by atoms with van der Waals surface area (Å²) in [5.41, 5.74) is -1.07. The van der Waals surface area contributed by atoms with Gasteiger partial charge in [0.2, 0.25) is 0 Å². The number of hydrogen-bond donors (Lipinski definition) is 1. The second-order valence-corrected chi connectivity index (χ2v) is 6.16. The Bertz CT molecular complexity index is 575. The summed E-state index contributed by atoms with van der Waals surface area (Å²) in [4.78, 5) is 20.9. The van der Waals surface area contributed by atoms with Crippen LogP contribution in [0.5, 0.6) is 0 Å². The number of thioether (sulfide) groups is 1. The summed E-state index contributed by atoms with van der Waals surface area (Å²) in [7, 11) is 0. The van der Waals surface area contributed by atoms with Crippen LogP contribution in [0.15, 0.2) is 23.1 Å². The van der Waals surface area contributed by atoms with E-state index in [-0.39, 0.29) is 28.0 Å². The molecule has 0 heterocycles. The first-order valence-corrected chi connectivity index (χ1v) is 7.23. The van der Waals surface area contributed by atoms with Crippen molar-refractivity contribution in [3.63, 3.8) is 0 Å². The van der Waals surface area contributed by atoms with Crippen molar-refractivity contribution >= 4 is 23.4 Å². The molecule has 1 fully saturated rings. The molecule has 21 heavy (non-hydrogen) atoms. The summed E-state index contributed by atoms with van der Waals surface area (Å²) in [6.45, 7) is 0. The molecule has 0 atom stereocenters. The van der Waals surface area contributed by atoms with Crippen LogP contribution in [0.4, 0.5) is 14.5 Å². The quantitative estimate of drug-likeness (QED) is 0.469. The average molecular weight is 317 g/mol. The van der Waals surface area contributed by atoms with Gasteiger partial charge in [0.25, 0.3) is 12.1 Å². The molecule has 5 nitrogen and oxygen atoms in total. The number of halogens is 2. The van der Waals surface area contributed by atoms with Crippen molar-refractivity contribution in [2.45, 2.75) is 30.6 Å². The fourth-order valence-corrected chi connectivity index (χ4v) is 3.38. The number of nitro benzene ring substituents is 1. The van der Waals surface area contributed by atoms with Crippen molar-refractivity contribution in [2.24, 2.45) is 5.41 Å². The lowest BCUT2D eigenvalue weighted by molar-refractivity contribution is -0.385. The monoisotopic (exact) mass is 317 g/mol. The number of nitro groups is 1. The van der Waals surface area contributed by atoms with Crippen molar-refractivity contribution in [1.82, 2.24) is 0 Å². The lowest BCUT2D eigenvalue weighted by Crippen LogP contribution is -2.11. The highest BCUT2D eigenvalue weighted by molar-refractivity contribution is 7.99. The van der Waals surface area contributed by atoms with Gasteiger partial charge in [-0.1, -0.05) is 0 Å². The van der Waals surface area contributed by atoms with Gasteiger partial charge in [0, 0.05) is 28.3 Å². The van der Waals surface area contributed by atoms with Gasteiger partial charge in [-0.3, -0.25) is 14.9 Å². The van der Waals surface area contributed by atoms with Crippen LogP contribution >= 0.6 is 11.8 Å². The zero-order valence-electron chi connectivity index (χ0n) is 10.9. The first-order chi connectivity index (χ1) is 9.83. The number of benzene rings is 1. The fourth-order valence-electron chi connectivity index (χ4n) is 2.05. The third kappa shape index (κ3) is 3.90. The standard InChI is InChI=1S/C13H13F2NO4S/c14-12(15)9-5-8(16(19)20)1-2-10(9)21-7-13(3-4-13)6-11(17)18/h1-2,5,12H,3-4,6-7H2,(H,17,18). The van der Waals surface area contributed by atoms with Crippen LogP contribution in [0.2, 0.25) is 0 Å². The van der Waals surface area contributed by atoms with Crippen LogP contribution < -0.4 is 0 Å². The van der Waals surface area contributed by atoms with Gasteiger partial charge in [0.15, 0.2) is 0 Å². The molecule has 1 aromatic carbocycles. The maximum atomic E-state index is 13.0. The minimum atomic E-state index is -2.80. The highest BCUT2D eigenvalue weighted by Gasteiger charge is 2.44. The van der Waals surface area contributed by atoms with Gasteiger partial charge in [-0.05, 0) is 24.3 Å². The average Bonchev–Trinajstić information content (AvgIpc) is 3.15. The molecule has 0 amide bonds. The summed E-state index contributed by atoms with van der Waals surface area (Å²) < 4.78 is 26.0. The molecule has 0 radical (unpaired) electrons. The predicted octanol–water partition coefficient (Wildman–Crippen LogP) is 3.88. The first-order valence-electron chi connectivity index (χ1n) is 6.24. The lowest BCUT2D eigenvalue weighted by atomic mass is 10.1. The number of non-ortho nitro benzene ring substituents is 1. The Morgan fingerprint density at radius 1 is 1.48 bits per heavy atom. The van der Waals surface area contributed by atoms with E-state index in [1.807, 2.05) is 0 Å². The molecule has 1 aliphatic rings. The number of alkyl halides is 2. The maximum Gasteiger partial charge on any atom is 0.303 e. The molecule has 1 aliphatic carbocycles. The van der Waals surface area contributed by atoms with Gasteiger partial charge in [-0.25, -0.2) is 8.78 Å². The van der Waals surface area contributed by atoms with E-state index < -0.39 is 17.3 Å². The molecule has 1 N–H and O–H groups in total. The van der Waals surface area contributed by atoms with E-state index in [0.29, 0.717) is 5.75 Å². The minimum absolute atomic E-state index is 0.0248. The van der Waals surface area contributed by atoms with Crippen LogP contribution in [0.1, 0.15) is 31.3 Å². The van der Waals surface area contributed by atoms with Crippen LogP contribution in [0.3, 0.4) is 0 Å². The van der Waals surface area contributed by atoms with E-state index in [4.69, 9.17) is 5.11 Å². The molecular formula is C13H13F2NO4S. The SMILES string of the molecule is O=C(O)CC1(CSc2ccc([N+](=O)[O-])cc2C(F)F)CC1. The van der Waals surface area contributed by atoms with E-state index >= 15 is 0 Å². The van der Waals surface area contributed by atoms with Crippen LogP contribution in [0, 0.1) is 15.5 Å². The van der Waals surface area contributed by atoms with Crippen molar-refractivity contribution in [2.75, 3.05) is 5.75 Å². The molecule has 1 aromatic rings. The second-order valence-electron chi connectivity index (χ2n) is 5.14. The molecule has 2 rings (SSSR count). The Balaban J connectivity index is 2.13. The van der Waals surface area contributed by atoms with Crippen LogP contribution in [-0.2, 0) is 4.79 Å². The van der Waals surface area contributed by atoms with Gasteiger partial charge in [0.05, 0.1) is 11.3 Å². The van der Waals surface area contributed by atoms with E-state index in [2.05, 4.69) is 0 Å². The number of aliphatic carboxylic acids is 1. The van der Waals surface area contributed by atoms with Crippen molar-refractivity contribution in [3.05, 3.63) is 33.9 Å². The zero-order valence-corrected chi connectivity index (χ0v) is 11.7. The molecule has 1 saturated carbocycles. The number of carboxylic acids is 1. The van der Waals surface area contributed by atoms with E-state index in [1.165, 1.54) is 12.1 Å². The van der Waals surface area contributed by atoms with E-state index in [0.717, 1.165) is 30.7 Å². The Hall–Kier alpha value is -1.70. The van der Waals surface area contributed by atoms with E-state index in [9.17, 15) is 23.7 Å². The third-order valence-electron chi connectivity index (χ3n) is 3.46. The summed E-state index contributed by atoms with van der Waals surface area (Å²) >= 11 is 1.14. The van der Waals surface area contributed by atoms with Crippen LogP contribution in [-0.4, -0.2) is 21.8 Å². The zero-order chi connectivity index (χ0) is 15.6. The molecular weight excluding hydrogens is 304 g/mol. The Kier molecular flexibility index (Phi) is 4.46. The summed E-state index contributed by atoms with van der Waals surface area (Å²) in [5, 5.41) is 19.4. The summed E-state index contributed by atoms with van der Waals surface area (Å²) in [5.74, 6) is -0.470. The van der Waals surface area contributed by atoms with Gasteiger partial charge in [-0.2, -0.15) is 0 Å². The van der Waals surface area contributed by atoms with Gasteiger partial charge < -0.3 is 5.11 Å². The largest absolute Gasteiger partial charge is 0.481 e. The van der Waals surface area contributed by atoms with Gasteiger partial charge in [-0.15, -0.1) is 11.8 Å². The number of hydrogen-bond acceptors (Lipinski definition) is 4. The lowest BCUT2D eigenvalue weighted by Gasteiger charge is -2.14. The number of carbonyl (C=O) groups is 1.